The second-order valence-corrected chi connectivity index (χ2v) is 5.23. The van der Waals surface area contributed by atoms with Crippen molar-refractivity contribution >= 4 is 0 Å². The summed E-state index contributed by atoms with van der Waals surface area (Å²) in [6.45, 7) is 4.14. The van der Waals surface area contributed by atoms with Crippen molar-refractivity contribution in [3.8, 4) is 0 Å². The summed E-state index contributed by atoms with van der Waals surface area (Å²) in [5.74, 6) is 0.415. The highest BCUT2D eigenvalue weighted by Gasteiger charge is 2.03. The van der Waals surface area contributed by atoms with Crippen molar-refractivity contribution in [2.24, 2.45) is 0 Å². The van der Waals surface area contributed by atoms with E-state index in [4.69, 9.17) is 0 Å². The SMILES string of the molecule is CC(CCNCCc1cccc(F)c1)c1ccccc1. The van der Waals surface area contributed by atoms with E-state index in [1.54, 1.807) is 12.1 Å². The summed E-state index contributed by atoms with van der Waals surface area (Å²) in [6.07, 6.45) is 1.99. The van der Waals surface area contributed by atoms with Crippen LogP contribution in [0.3, 0.4) is 0 Å². The first-order chi connectivity index (χ1) is 9.75. The Balaban J connectivity index is 1.64. The lowest BCUT2D eigenvalue weighted by Gasteiger charge is -2.12. The molecule has 0 bridgehead atoms. The number of nitrogens with one attached hydrogen (secondary N) is 1. The molecule has 0 saturated heterocycles. The summed E-state index contributed by atoms with van der Waals surface area (Å²) < 4.78 is 13.0. The summed E-state index contributed by atoms with van der Waals surface area (Å²) in [5, 5.41) is 3.43. The Bertz CT molecular complexity index is 510. The van der Waals surface area contributed by atoms with Gasteiger partial charge >= 0.3 is 0 Å². The Labute approximate surface area is 120 Å². The maximum Gasteiger partial charge on any atom is 0.123 e. The third-order valence-electron chi connectivity index (χ3n) is 3.60. The highest BCUT2D eigenvalue weighted by Crippen LogP contribution is 2.17. The predicted octanol–water partition coefficient (Wildman–Crippen LogP) is 4.15. The maximum atomic E-state index is 13.0. The predicted molar refractivity (Wildman–Crippen MR) is 82.4 cm³/mol. The van der Waals surface area contributed by atoms with Crippen LogP contribution >= 0.6 is 0 Å². The van der Waals surface area contributed by atoms with Gasteiger partial charge in [0.05, 0.1) is 0 Å². The highest BCUT2D eigenvalue weighted by atomic mass is 19.1. The van der Waals surface area contributed by atoms with Crippen LogP contribution < -0.4 is 5.32 Å². The Kier molecular flexibility index (Phi) is 5.75. The average molecular weight is 271 g/mol. The van der Waals surface area contributed by atoms with Gasteiger partial charge in [-0.1, -0.05) is 49.4 Å². The molecule has 2 heteroatoms. The molecule has 1 atom stereocenters. The molecular weight excluding hydrogens is 249 g/mol. The second kappa shape index (κ2) is 7.81. The van der Waals surface area contributed by atoms with E-state index >= 15 is 0 Å². The summed E-state index contributed by atoms with van der Waals surface area (Å²) in [5.41, 5.74) is 2.44. The van der Waals surface area contributed by atoms with Crippen molar-refractivity contribution in [1.29, 1.82) is 0 Å². The van der Waals surface area contributed by atoms with Gasteiger partial charge in [0.15, 0.2) is 0 Å². The monoisotopic (exact) mass is 271 g/mol. The Morgan fingerprint density at radius 2 is 1.80 bits per heavy atom. The molecule has 0 spiro atoms. The first kappa shape index (κ1) is 14.7. The highest BCUT2D eigenvalue weighted by molar-refractivity contribution is 5.18. The second-order valence-electron chi connectivity index (χ2n) is 5.23. The van der Waals surface area contributed by atoms with Crippen LogP contribution in [0.15, 0.2) is 54.6 Å². The van der Waals surface area contributed by atoms with Crippen molar-refractivity contribution in [2.75, 3.05) is 13.1 Å². The van der Waals surface area contributed by atoms with Crippen LogP contribution in [0.5, 0.6) is 0 Å². The lowest BCUT2D eigenvalue weighted by Crippen LogP contribution is -2.19. The third-order valence-corrected chi connectivity index (χ3v) is 3.60. The molecule has 0 aliphatic rings. The molecule has 0 heterocycles. The molecule has 0 saturated carbocycles. The lowest BCUT2D eigenvalue weighted by atomic mass is 9.98. The lowest BCUT2D eigenvalue weighted by molar-refractivity contribution is 0.592. The van der Waals surface area contributed by atoms with Crippen molar-refractivity contribution < 1.29 is 4.39 Å². The molecule has 2 aromatic carbocycles. The zero-order valence-corrected chi connectivity index (χ0v) is 12.0. The van der Waals surface area contributed by atoms with Gasteiger partial charge in [0, 0.05) is 0 Å². The standard InChI is InChI=1S/C18H22FN/c1-15(17-7-3-2-4-8-17)10-12-20-13-11-16-6-5-9-18(19)14-16/h2-9,14-15,20H,10-13H2,1H3. The largest absolute Gasteiger partial charge is 0.316 e. The van der Waals surface area contributed by atoms with Gasteiger partial charge in [-0.2, -0.15) is 0 Å². The van der Waals surface area contributed by atoms with E-state index in [1.807, 2.05) is 12.1 Å². The van der Waals surface area contributed by atoms with Gasteiger partial charge < -0.3 is 5.32 Å². The number of benzene rings is 2. The molecule has 2 aromatic rings. The molecule has 1 nitrogen and oxygen atoms in total. The fourth-order valence-corrected chi connectivity index (χ4v) is 2.32. The van der Waals surface area contributed by atoms with E-state index in [0.29, 0.717) is 5.92 Å². The molecule has 0 radical (unpaired) electrons. The first-order valence-electron chi connectivity index (χ1n) is 7.26. The smallest absolute Gasteiger partial charge is 0.123 e. The molecule has 20 heavy (non-hydrogen) atoms. The molecule has 0 amide bonds. The van der Waals surface area contributed by atoms with Crippen molar-refractivity contribution in [3.63, 3.8) is 0 Å². The zero-order chi connectivity index (χ0) is 14.2. The fourth-order valence-electron chi connectivity index (χ4n) is 2.32. The minimum Gasteiger partial charge on any atom is -0.316 e. The van der Waals surface area contributed by atoms with Gasteiger partial charge in [-0.25, -0.2) is 4.39 Å². The van der Waals surface area contributed by atoms with Gasteiger partial charge in [0.2, 0.25) is 0 Å². The number of halogens is 1. The van der Waals surface area contributed by atoms with E-state index < -0.39 is 0 Å². The van der Waals surface area contributed by atoms with E-state index in [-0.39, 0.29) is 5.82 Å². The summed E-state index contributed by atoms with van der Waals surface area (Å²) >= 11 is 0. The Hall–Kier alpha value is -1.67. The number of hydrogen-bond donors (Lipinski definition) is 1. The van der Waals surface area contributed by atoms with E-state index in [0.717, 1.165) is 31.5 Å². The summed E-state index contributed by atoms with van der Waals surface area (Å²) in [4.78, 5) is 0. The minimum absolute atomic E-state index is 0.153. The van der Waals surface area contributed by atoms with Gasteiger partial charge in [-0.15, -0.1) is 0 Å². The molecular formula is C18H22FN. The van der Waals surface area contributed by atoms with Crippen molar-refractivity contribution in [2.45, 2.75) is 25.7 Å². The quantitative estimate of drug-likeness (QED) is 0.746. The van der Waals surface area contributed by atoms with Gasteiger partial charge in [0.1, 0.15) is 5.82 Å². The maximum absolute atomic E-state index is 13.0. The van der Waals surface area contributed by atoms with Crippen molar-refractivity contribution in [3.05, 3.63) is 71.5 Å². The molecule has 0 aliphatic heterocycles. The molecule has 2 rings (SSSR count). The minimum atomic E-state index is -0.153. The van der Waals surface area contributed by atoms with E-state index in [9.17, 15) is 4.39 Å². The zero-order valence-electron chi connectivity index (χ0n) is 12.0. The van der Waals surface area contributed by atoms with Crippen LogP contribution in [-0.4, -0.2) is 13.1 Å². The average Bonchev–Trinajstić information content (AvgIpc) is 2.48. The number of rotatable bonds is 7. The summed E-state index contributed by atoms with van der Waals surface area (Å²) in [6, 6.07) is 17.4. The molecule has 1 N–H and O–H groups in total. The first-order valence-corrected chi connectivity index (χ1v) is 7.26. The molecule has 0 aliphatic carbocycles. The fraction of sp³-hybridized carbons (Fsp3) is 0.333. The van der Waals surface area contributed by atoms with Crippen LogP contribution in [0.25, 0.3) is 0 Å². The van der Waals surface area contributed by atoms with Crippen LogP contribution in [0, 0.1) is 5.82 Å². The van der Waals surface area contributed by atoms with Crippen LogP contribution in [-0.2, 0) is 6.42 Å². The Morgan fingerprint density at radius 1 is 1.00 bits per heavy atom. The normalized spacial score (nSPS) is 12.3. The van der Waals surface area contributed by atoms with Crippen LogP contribution in [0.2, 0.25) is 0 Å². The molecule has 106 valence electrons. The van der Waals surface area contributed by atoms with Crippen LogP contribution in [0.1, 0.15) is 30.4 Å². The summed E-state index contributed by atoms with van der Waals surface area (Å²) in [7, 11) is 0. The topological polar surface area (TPSA) is 12.0 Å². The van der Waals surface area contributed by atoms with Gasteiger partial charge in [-0.3, -0.25) is 0 Å². The van der Waals surface area contributed by atoms with Crippen LogP contribution in [0.4, 0.5) is 4.39 Å². The van der Waals surface area contributed by atoms with Gasteiger partial charge in [0.25, 0.3) is 0 Å². The molecule has 0 fully saturated rings. The molecule has 1 unspecified atom stereocenters. The van der Waals surface area contributed by atoms with E-state index in [1.165, 1.54) is 11.6 Å². The van der Waals surface area contributed by atoms with Gasteiger partial charge in [-0.05, 0) is 55.1 Å². The third kappa shape index (κ3) is 4.78. The Morgan fingerprint density at radius 3 is 2.55 bits per heavy atom. The van der Waals surface area contributed by atoms with Crippen molar-refractivity contribution in [1.82, 2.24) is 5.32 Å². The molecule has 0 aromatic heterocycles. The number of hydrogen-bond acceptors (Lipinski definition) is 1. The van der Waals surface area contributed by atoms with E-state index in [2.05, 4.69) is 36.5 Å².